The van der Waals surface area contributed by atoms with Crippen LogP contribution in [0.4, 0.5) is 0 Å². The van der Waals surface area contributed by atoms with Gasteiger partial charge in [0.15, 0.2) is 5.78 Å². The molecule has 420 valence electrons. The molecule has 4 aliphatic rings. The smallest absolute Gasteiger partial charge is 0.329 e. The molecule has 0 spiro atoms. The van der Waals surface area contributed by atoms with E-state index in [-0.39, 0.29) is 56.0 Å². The van der Waals surface area contributed by atoms with Crippen LogP contribution in [0, 0.1) is 35.5 Å². The normalized spacial score (nSPS) is 35.6. The second-order valence-electron chi connectivity index (χ2n) is 21.5. The molecule has 3 fully saturated rings. The minimum atomic E-state index is -3.44. The van der Waals surface area contributed by atoms with Gasteiger partial charge in [0.2, 0.25) is 5.79 Å². The van der Waals surface area contributed by atoms with Gasteiger partial charge in [0.1, 0.15) is 30.1 Å². The molecule has 4 rings (SSSR count). The third kappa shape index (κ3) is 17.9. The fraction of sp³-hybridized carbons (Fsp3) is 0.768. The van der Waals surface area contributed by atoms with E-state index in [0.29, 0.717) is 76.4 Å². The van der Waals surface area contributed by atoms with Crippen LogP contribution >= 0.6 is 7.60 Å². The Morgan fingerprint density at radius 3 is 2.27 bits per heavy atom. The van der Waals surface area contributed by atoms with Crippen LogP contribution in [0.25, 0.3) is 0 Å². The molecule has 0 aromatic heterocycles. The average Bonchev–Trinajstić information content (AvgIpc) is 3.36. The van der Waals surface area contributed by atoms with Gasteiger partial charge in [-0.2, -0.15) is 0 Å². The summed E-state index contributed by atoms with van der Waals surface area (Å²) in [6.45, 7) is 16.9. The maximum absolute atomic E-state index is 14.6. The van der Waals surface area contributed by atoms with Crippen molar-refractivity contribution >= 4 is 36.8 Å². The number of fused-ring (bicyclic) bond motifs is 3. The lowest BCUT2D eigenvalue weighted by Crippen LogP contribution is -2.61. The fourth-order valence-corrected chi connectivity index (χ4v) is 12.1. The summed E-state index contributed by atoms with van der Waals surface area (Å²) in [5, 5.41) is 23.6. The molecule has 18 heteroatoms. The predicted octanol–water partition coefficient (Wildman–Crippen LogP) is 8.08. The van der Waals surface area contributed by atoms with Gasteiger partial charge in [-0.1, -0.05) is 71.1 Å². The SMILES string of the molecule is CCOCCOP(C)(=O)O[C@@H]1CCC(C[C@@H](C)C2CC(=O)[C@H](C)C=C(C)[C@@H](O)[C@@H](OC)C(=O)[C@H](C)C[C@H](C)C=CC=CC=C(C)[C@@H](OC)C[C@@H]3CC[C@@H](C)[C@@](O)(O3)C(=O)C(=O)N3CCCCC3C(=O)O2)C[C@H]1OC. The lowest BCUT2D eigenvalue weighted by molar-refractivity contribution is -0.265. The average molecular weight is 1060 g/mol. The Balaban J connectivity index is 1.67. The summed E-state index contributed by atoms with van der Waals surface area (Å²) in [5.74, 6) is -8.35. The number of nitrogens with zero attached hydrogens (tertiary/aromatic N) is 1. The number of rotatable bonds is 13. The number of piperidine rings is 1. The number of carbonyl (C=O) groups excluding carboxylic acids is 5. The third-order valence-electron chi connectivity index (χ3n) is 15.5. The minimum Gasteiger partial charge on any atom is -0.460 e. The molecule has 1 aliphatic carbocycles. The van der Waals surface area contributed by atoms with E-state index in [1.807, 2.05) is 65.0 Å². The molecule has 2 saturated heterocycles. The lowest BCUT2D eigenvalue weighted by atomic mass is 9.78. The zero-order valence-corrected chi connectivity index (χ0v) is 47.3. The monoisotopic (exact) mass is 1060 g/mol. The highest BCUT2D eigenvalue weighted by atomic mass is 31.2. The highest BCUT2D eigenvalue weighted by Gasteiger charge is 2.53. The molecule has 3 heterocycles. The van der Waals surface area contributed by atoms with E-state index in [2.05, 4.69) is 0 Å². The van der Waals surface area contributed by atoms with Crippen molar-refractivity contribution < 1.29 is 76.2 Å². The van der Waals surface area contributed by atoms with Crippen LogP contribution in [0.5, 0.6) is 0 Å². The zero-order valence-electron chi connectivity index (χ0n) is 46.4. The molecule has 16 atom stereocenters. The van der Waals surface area contributed by atoms with Crippen LogP contribution in [-0.2, 0) is 66.0 Å². The Morgan fingerprint density at radius 2 is 1.59 bits per heavy atom. The zero-order chi connectivity index (χ0) is 54.9. The summed E-state index contributed by atoms with van der Waals surface area (Å²) in [5.41, 5.74) is 1.24. The van der Waals surface area contributed by atoms with E-state index < -0.39 is 103 Å². The number of amides is 1. The van der Waals surface area contributed by atoms with Crippen molar-refractivity contribution in [2.24, 2.45) is 35.5 Å². The van der Waals surface area contributed by atoms with Crippen LogP contribution in [0.2, 0.25) is 0 Å². The third-order valence-corrected chi connectivity index (χ3v) is 16.8. The first-order chi connectivity index (χ1) is 35.0. The number of Topliss-reactive ketones (excluding diaryl/α,β-unsaturated/α-hetero) is 3. The van der Waals surface area contributed by atoms with Crippen molar-refractivity contribution in [1.82, 2.24) is 4.90 Å². The van der Waals surface area contributed by atoms with Gasteiger partial charge in [-0.05, 0) is 114 Å². The number of carbonyl (C=O) groups is 5. The summed E-state index contributed by atoms with van der Waals surface area (Å²) < 4.78 is 60.0. The van der Waals surface area contributed by atoms with Crippen molar-refractivity contribution in [3.05, 3.63) is 47.6 Å². The molecule has 17 nitrogen and oxygen atoms in total. The first-order valence-electron chi connectivity index (χ1n) is 27.0. The first-order valence-corrected chi connectivity index (χ1v) is 29.0. The van der Waals surface area contributed by atoms with Crippen molar-refractivity contribution in [2.75, 3.05) is 54.4 Å². The standard InChI is InChI=1S/C56H90NO16P/c1-13-69-27-28-70-74(12,65)73-46-25-23-42(32-49(46)67-10)31-38(5)48-34-45(58)37(4)30-40(7)51(60)52(68-11)50(59)39(6)29-35(2)19-15-14-16-20-36(3)47(66-9)33-43-24-22-41(8)56(64,72-43)53(61)54(62)57-26-18-17-21-44(57)55(63)71-48/h14-16,19-20,30,35,37-39,41-44,46-49,51-52,60,64H,13,17-18,21-29,31-34H2,1-12H3/t35-,37-,38-,39-,41-,42?,43+,44?,46-,47+,48?,49-,51-,52+,56-,74?/m1/s1. The van der Waals surface area contributed by atoms with Crippen LogP contribution in [0.15, 0.2) is 47.6 Å². The summed E-state index contributed by atoms with van der Waals surface area (Å²) in [6, 6.07) is -1.18. The summed E-state index contributed by atoms with van der Waals surface area (Å²) in [6.07, 6.45) is 10.6. The number of cyclic esters (lactones) is 1. The van der Waals surface area contributed by atoms with Crippen molar-refractivity contribution in [3.63, 3.8) is 0 Å². The number of esters is 1. The Morgan fingerprint density at radius 1 is 0.865 bits per heavy atom. The number of aliphatic hydroxyl groups excluding tert-OH is 1. The van der Waals surface area contributed by atoms with E-state index in [0.717, 1.165) is 5.57 Å². The van der Waals surface area contributed by atoms with E-state index in [9.17, 15) is 38.8 Å². The largest absolute Gasteiger partial charge is 0.460 e. The number of ketones is 3. The molecule has 2 bridgehead atoms. The number of ether oxygens (including phenoxy) is 6. The highest BCUT2D eigenvalue weighted by Crippen LogP contribution is 2.48. The molecule has 3 aliphatic heterocycles. The van der Waals surface area contributed by atoms with E-state index in [1.165, 1.54) is 18.7 Å². The molecular weight excluding hydrogens is 974 g/mol. The molecule has 0 radical (unpaired) electrons. The number of hydrogen-bond acceptors (Lipinski definition) is 16. The highest BCUT2D eigenvalue weighted by molar-refractivity contribution is 7.53. The van der Waals surface area contributed by atoms with Gasteiger partial charge in [0.25, 0.3) is 11.7 Å². The Kier molecular flexibility index (Phi) is 25.7. The van der Waals surface area contributed by atoms with Crippen molar-refractivity contribution in [2.45, 2.75) is 187 Å². The van der Waals surface area contributed by atoms with Gasteiger partial charge in [-0.25, -0.2) is 4.79 Å². The van der Waals surface area contributed by atoms with Gasteiger partial charge in [-0.3, -0.25) is 23.7 Å². The van der Waals surface area contributed by atoms with E-state index >= 15 is 0 Å². The first kappa shape index (κ1) is 63.3. The maximum atomic E-state index is 14.6. The topological polar surface area (TPSA) is 220 Å². The van der Waals surface area contributed by atoms with E-state index in [4.69, 9.17) is 37.5 Å². The Labute approximate surface area is 441 Å². The van der Waals surface area contributed by atoms with Gasteiger partial charge in [0.05, 0.1) is 37.6 Å². The number of methoxy groups -OCH3 is 3. The Bertz CT molecular complexity index is 2040. The van der Waals surface area contributed by atoms with Gasteiger partial charge in [0, 0.05) is 71.7 Å². The molecule has 1 amide bonds. The second-order valence-corrected chi connectivity index (χ2v) is 23.5. The van der Waals surface area contributed by atoms with Crippen LogP contribution in [0.1, 0.15) is 132 Å². The minimum absolute atomic E-state index is 0.00261. The molecular formula is C56H90NO16P. The van der Waals surface area contributed by atoms with Gasteiger partial charge >= 0.3 is 13.6 Å². The van der Waals surface area contributed by atoms with E-state index in [1.54, 1.807) is 41.1 Å². The quantitative estimate of drug-likeness (QED) is 0.0585. The summed E-state index contributed by atoms with van der Waals surface area (Å²) >= 11 is 0. The molecule has 74 heavy (non-hydrogen) atoms. The number of hydrogen-bond donors (Lipinski definition) is 2. The van der Waals surface area contributed by atoms with Crippen LogP contribution < -0.4 is 0 Å². The summed E-state index contributed by atoms with van der Waals surface area (Å²) in [7, 11) is 1.08. The molecule has 2 N–H and O–H groups in total. The van der Waals surface area contributed by atoms with Crippen molar-refractivity contribution in [1.29, 1.82) is 0 Å². The van der Waals surface area contributed by atoms with Crippen LogP contribution in [-0.4, -0.2) is 153 Å². The number of allylic oxidation sites excluding steroid dienone is 6. The summed E-state index contributed by atoms with van der Waals surface area (Å²) in [4.78, 5) is 72.6. The van der Waals surface area contributed by atoms with Gasteiger partial charge < -0.3 is 52.6 Å². The van der Waals surface area contributed by atoms with Gasteiger partial charge in [-0.15, -0.1) is 0 Å². The Hall–Kier alpha value is -3.22. The predicted molar refractivity (Wildman–Crippen MR) is 280 cm³/mol. The molecule has 0 aromatic carbocycles. The second kappa shape index (κ2) is 30.1. The molecule has 4 unspecified atom stereocenters. The lowest BCUT2D eigenvalue weighted by Gasteiger charge is -2.42. The maximum Gasteiger partial charge on any atom is 0.329 e. The number of aliphatic hydroxyl groups is 2. The molecule has 0 aromatic rings. The van der Waals surface area contributed by atoms with Crippen LogP contribution in [0.3, 0.4) is 0 Å². The van der Waals surface area contributed by atoms with Crippen molar-refractivity contribution in [3.8, 4) is 0 Å². The fourth-order valence-electron chi connectivity index (χ4n) is 10.9. The molecule has 1 saturated carbocycles.